The molecule has 0 aliphatic carbocycles. The van der Waals surface area contributed by atoms with E-state index in [1.54, 1.807) is 0 Å². The van der Waals surface area contributed by atoms with E-state index in [0.717, 1.165) is 0 Å². The summed E-state index contributed by atoms with van der Waals surface area (Å²) in [4.78, 5) is 0. The third-order valence-electron chi connectivity index (χ3n) is 0.298. The maximum Gasteiger partial charge on any atom is 0.379 e. The summed E-state index contributed by atoms with van der Waals surface area (Å²) in [6, 6.07) is 0. The second-order valence-electron chi connectivity index (χ2n) is 1.78. The van der Waals surface area contributed by atoms with Crippen molar-refractivity contribution < 1.29 is 52.3 Å². The van der Waals surface area contributed by atoms with Crippen molar-refractivity contribution in [1.29, 1.82) is 0 Å². The first-order chi connectivity index (χ1) is 7.17. The molecule has 0 heterocycles. The fourth-order valence-electron chi connectivity index (χ4n) is 0.188. The number of hydrogen-bond acceptors (Lipinski definition) is 4. The maximum absolute atomic E-state index is 9.67. The Morgan fingerprint density at radius 3 is 0.824 bits per heavy atom. The van der Waals surface area contributed by atoms with E-state index in [9.17, 15) is 43.2 Å². The van der Waals surface area contributed by atoms with Crippen molar-refractivity contribution in [3.05, 3.63) is 0 Å². The Hall–Kier alpha value is -0.600. The molecule has 0 aromatic rings. The molecule has 108 valence electrons. The summed E-state index contributed by atoms with van der Waals surface area (Å²) in [5.41, 5.74) is 0. The predicted molar refractivity (Wildman–Crippen MR) is 42.2 cm³/mol. The van der Waals surface area contributed by atoms with E-state index in [1.165, 1.54) is 0 Å². The number of halogens is 6. The summed E-state index contributed by atoms with van der Waals surface area (Å²) in [5, 5.41) is -1.65. The topological polar surface area (TPSA) is 109 Å². The van der Waals surface area contributed by atoms with Crippen LogP contribution < -0.4 is 0 Å². The van der Waals surface area contributed by atoms with E-state index in [4.69, 9.17) is 9.11 Å². The van der Waals surface area contributed by atoms with Gasteiger partial charge < -0.3 is 0 Å². The molecule has 0 aliphatic heterocycles. The molecule has 0 bridgehead atoms. The summed E-state index contributed by atoms with van der Waals surface area (Å²) in [5.74, 6) is 0. The molecule has 0 spiro atoms. The standard InChI is InChI=1S/2CHF3.CH4O6S2/c2*2-1(3)4;2-8(3,4)1-9(5,6)7/h2*1H;1H2,(H,2,3,4)(H,5,6,7). The smallest absolute Gasteiger partial charge is 0.285 e. The number of rotatable bonds is 2. The molecule has 0 atom stereocenters. The number of hydrogen-bond donors (Lipinski definition) is 2. The van der Waals surface area contributed by atoms with Gasteiger partial charge in [-0.2, -0.15) is 43.2 Å². The zero-order valence-corrected chi connectivity index (χ0v) is 9.11. The van der Waals surface area contributed by atoms with Crippen LogP contribution in [0.25, 0.3) is 0 Å². The predicted octanol–water partition coefficient (Wildman–Crippen LogP) is 1.08. The quantitative estimate of drug-likeness (QED) is 0.583. The third-order valence-corrected chi connectivity index (χ3v) is 2.68. The lowest BCUT2D eigenvalue weighted by Crippen LogP contribution is -2.13. The summed E-state index contributed by atoms with van der Waals surface area (Å²) >= 11 is 0. The molecule has 0 aromatic carbocycles. The molecule has 0 radical (unpaired) electrons. The van der Waals surface area contributed by atoms with E-state index in [1.807, 2.05) is 0 Å². The average molecular weight is 316 g/mol. The van der Waals surface area contributed by atoms with Gasteiger partial charge in [-0.3, -0.25) is 9.11 Å². The molecule has 6 nitrogen and oxygen atoms in total. The van der Waals surface area contributed by atoms with Crippen molar-refractivity contribution in [2.75, 3.05) is 5.08 Å². The normalized spacial score (nSPS) is 11.4. The molecule has 0 rings (SSSR count). The van der Waals surface area contributed by atoms with Gasteiger partial charge >= 0.3 is 13.4 Å². The first kappa shape index (κ1) is 21.7. The van der Waals surface area contributed by atoms with Crippen LogP contribution in [-0.2, 0) is 20.2 Å². The second kappa shape index (κ2) is 9.43. The van der Waals surface area contributed by atoms with Crippen LogP contribution in [0.2, 0.25) is 0 Å². The lowest BCUT2D eigenvalue weighted by molar-refractivity contribution is 0.00734. The Morgan fingerprint density at radius 2 is 0.824 bits per heavy atom. The molecule has 0 unspecified atom stereocenters. The largest absolute Gasteiger partial charge is 0.379 e. The first-order valence-corrected chi connectivity index (χ1v) is 6.14. The summed E-state index contributed by atoms with van der Waals surface area (Å²) in [7, 11) is -9.24. The third kappa shape index (κ3) is 94.8. The molecule has 0 amide bonds. The van der Waals surface area contributed by atoms with E-state index >= 15 is 0 Å². The highest BCUT2D eigenvalue weighted by molar-refractivity contribution is 8.02. The van der Waals surface area contributed by atoms with Crippen LogP contribution in [0.5, 0.6) is 0 Å². The van der Waals surface area contributed by atoms with Crippen molar-refractivity contribution >= 4 is 20.2 Å². The van der Waals surface area contributed by atoms with Crippen LogP contribution in [0.3, 0.4) is 0 Å². The minimum atomic E-state index is -4.62. The van der Waals surface area contributed by atoms with Gasteiger partial charge in [0.05, 0.1) is 0 Å². The van der Waals surface area contributed by atoms with Crippen molar-refractivity contribution in [2.24, 2.45) is 0 Å². The van der Waals surface area contributed by atoms with Gasteiger partial charge in [0, 0.05) is 0 Å². The first-order valence-electron chi connectivity index (χ1n) is 2.92. The average Bonchev–Trinajstić information content (AvgIpc) is 1.70. The van der Waals surface area contributed by atoms with Crippen LogP contribution in [0.1, 0.15) is 0 Å². The van der Waals surface area contributed by atoms with Gasteiger partial charge in [-0.1, -0.05) is 0 Å². The minimum Gasteiger partial charge on any atom is -0.285 e. The second-order valence-corrected chi connectivity index (χ2v) is 5.05. The summed E-state index contributed by atoms with van der Waals surface area (Å²) in [6.45, 7) is -7.33. The molecule has 0 saturated heterocycles. The Balaban J connectivity index is -0.000000205. The minimum absolute atomic E-state index is 1.65. The fourth-order valence-corrected chi connectivity index (χ4v) is 1.69. The Bertz CT molecular complexity index is 320. The molecule has 0 fully saturated rings. The monoisotopic (exact) mass is 316 g/mol. The lowest BCUT2D eigenvalue weighted by Gasteiger charge is -1.89. The molecule has 0 aromatic heterocycles. The summed E-state index contributed by atoms with van der Waals surface area (Å²) in [6.07, 6.45) is 0. The molecule has 0 saturated carbocycles. The molecular weight excluding hydrogens is 310 g/mol. The van der Waals surface area contributed by atoms with Crippen molar-refractivity contribution in [3.8, 4) is 0 Å². The molecule has 0 aliphatic rings. The van der Waals surface area contributed by atoms with Crippen LogP contribution in [0.4, 0.5) is 26.3 Å². The Labute approximate surface area is 91.7 Å². The zero-order chi connectivity index (χ0) is 14.9. The van der Waals surface area contributed by atoms with Gasteiger partial charge in [0.15, 0.2) is 0 Å². The van der Waals surface area contributed by atoms with Crippen molar-refractivity contribution in [2.45, 2.75) is 13.4 Å². The SMILES string of the molecule is FC(F)F.FC(F)F.O=S(=O)(O)CS(=O)(=O)O. The van der Waals surface area contributed by atoms with E-state index in [0.29, 0.717) is 0 Å². The Kier molecular flexibility index (Phi) is 12.0. The molecule has 17 heavy (non-hydrogen) atoms. The molecular formula is C3H6F6O6S2. The van der Waals surface area contributed by atoms with Crippen LogP contribution in [0.15, 0.2) is 0 Å². The van der Waals surface area contributed by atoms with Gasteiger partial charge in [-0.25, -0.2) is 0 Å². The number of alkyl halides is 6. The van der Waals surface area contributed by atoms with Gasteiger partial charge in [-0.15, -0.1) is 0 Å². The van der Waals surface area contributed by atoms with Gasteiger partial charge in [-0.05, 0) is 0 Å². The maximum atomic E-state index is 9.67. The van der Waals surface area contributed by atoms with E-state index in [2.05, 4.69) is 0 Å². The zero-order valence-electron chi connectivity index (χ0n) is 7.47. The van der Waals surface area contributed by atoms with Crippen molar-refractivity contribution in [3.63, 3.8) is 0 Å². The van der Waals surface area contributed by atoms with Crippen LogP contribution in [-0.4, -0.2) is 44.4 Å². The van der Waals surface area contributed by atoms with Gasteiger partial charge in [0.2, 0.25) is 5.08 Å². The highest BCUT2D eigenvalue weighted by atomic mass is 32.3. The lowest BCUT2D eigenvalue weighted by atomic mass is 11.6. The molecule has 14 heteroatoms. The summed E-state index contributed by atoms with van der Waals surface area (Å²) < 4.78 is 112. The van der Waals surface area contributed by atoms with Gasteiger partial charge in [0.1, 0.15) is 0 Å². The van der Waals surface area contributed by atoms with E-state index in [-0.39, 0.29) is 0 Å². The van der Waals surface area contributed by atoms with Gasteiger partial charge in [0.25, 0.3) is 20.2 Å². The van der Waals surface area contributed by atoms with E-state index < -0.39 is 38.7 Å². The highest BCUT2D eigenvalue weighted by Crippen LogP contribution is 1.88. The fraction of sp³-hybridized carbons (Fsp3) is 1.00. The Morgan fingerprint density at radius 1 is 0.706 bits per heavy atom. The molecule has 2 N–H and O–H groups in total. The highest BCUT2D eigenvalue weighted by Gasteiger charge is 2.15. The van der Waals surface area contributed by atoms with Crippen LogP contribution >= 0.6 is 0 Å². The van der Waals surface area contributed by atoms with Crippen LogP contribution in [0, 0.1) is 0 Å². The van der Waals surface area contributed by atoms with Crippen molar-refractivity contribution in [1.82, 2.24) is 0 Å².